The summed E-state index contributed by atoms with van der Waals surface area (Å²) in [4.78, 5) is 12.5. The molecule has 8 heteroatoms. The van der Waals surface area contributed by atoms with Crippen LogP contribution in [-0.4, -0.2) is 52.8 Å². The van der Waals surface area contributed by atoms with E-state index in [1.54, 1.807) is 38.5 Å². The van der Waals surface area contributed by atoms with Gasteiger partial charge in [-0.2, -0.15) is 0 Å². The maximum atomic E-state index is 9.89. The molecule has 7 nitrogen and oxygen atoms in total. The molecule has 1 aliphatic rings. The Morgan fingerprint density at radius 1 is 1.17 bits per heavy atom. The second kappa shape index (κ2) is 10.6. The standard InChI is InChI=1S/C27H32N4O3S/c1-27(2,32)10-7-18-5-6-22(33-4)21(13-18)17-34-23-14-20(15-29-25(23)28)24-16-30-26(35-24)19-8-11-31(3)12-9-19/h5-6,13-16,19,32H,8-9,11-12,17H2,1-4H3,(H2,28,29). The largest absolute Gasteiger partial charge is 0.496 e. The molecule has 1 fully saturated rings. The van der Waals surface area contributed by atoms with Gasteiger partial charge in [-0.05, 0) is 71.1 Å². The number of rotatable bonds is 6. The van der Waals surface area contributed by atoms with Crippen molar-refractivity contribution >= 4 is 17.2 Å². The number of nitrogen functional groups attached to an aromatic ring is 1. The molecule has 1 saturated heterocycles. The number of benzene rings is 1. The quantitative estimate of drug-likeness (QED) is 0.495. The van der Waals surface area contributed by atoms with Crippen LogP contribution in [0.5, 0.6) is 11.5 Å². The van der Waals surface area contributed by atoms with Crippen LogP contribution in [0.25, 0.3) is 10.4 Å². The first-order chi connectivity index (χ1) is 16.7. The Bertz CT molecular complexity index is 1230. The number of aliphatic hydroxyl groups is 1. The average Bonchev–Trinajstić information content (AvgIpc) is 3.32. The number of hydrogen-bond donors (Lipinski definition) is 2. The van der Waals surface area contributed by atoms with E-state index in [9.17, 15) is 5.11 Å². The van der Waals surface area contributed by atoms with Gasteiger partial charge in [0, 0.05) is 35.0 Å². The van der Waals surface area contributed by atoms with E-state index in [2.05, 4.69) is 28.8 Å². The van der Waals surface area contributed by atoms with Crippen LogP contribution in [0, 0.1) is 11.8 Å². The molecule has 0 saturated carbocycles. The lowest BCUT2D eigenvalue weighted by molar-refractivity contribution is 0.143. The molecule has 184 valence electrons. The number of aromatic nitrogens is 2. The summed E-state index contributed by atoms with van der Waals surface area (Å²) in [6.45, 7) is 5.75. The summed E-state index contributed by atoms with van der Waals surface area (Å²) in [6, 6.07) is 7.50. The number of piperidine rings is 1. The number of pyridine rings is 1. The molecule has 4 rings (SSSR count). The van der Waals surface area contributed by atoms with Crippen molar-refractivity contribution in [1.29, 1.82) is 0 Å². The van der Waals surface area contributed by atoms with Gasteiger partial charge in [0.2, 0.25) is 0 Å². The summed E-state index contributed by atoms with van der Waals surface area (Å²) >= 11 is 1.72. The lowest BCUT2D eigenvalue weighted by Gasteiger charge is -2.27. The SMILES string of the molecule is COc1ccc(C#CC(C)(C)O)cc1COc1cc(-c2cnc(C3CCN(C)CC3)s2)cnc1N. The molecule has 3 heterocycles. The van der Waals surface area contributed by atoms with Crippen LogP contribution < -0.4 is 15.2 Å². The van der Waals surface area contributed by atoms with Crippen molar-refractivity contribution < 1.29 is 14.6 Å². The Balaban J connectivity index is 1.51. The van der Waals surface area contributed by atoms with Crippen LogP contribution in [-0.2, 0) is 6.61 Å². The summed E-state index contributed by atoms with van der Waals surface area (Å²) in [7, 11) is 3.78. The van der Waals surface area contributed by atoms with Crippen LogP contribution in [0.4, 0.5) is 5.82 Å². The number of nitrogens with two attached hydrogens (primary N) is 1. The van der Waals surface area contributed by atoms with Gasteiger partial charge >= 0.3 is 0 Å². The van der Waals surface area contributed by atoms with E-state index < -0.39 is 5.60 Å². The minimum atomic E-state index is -1.07. The highest BCUT2D eigenvalue weighted by Crippen LogP contribution is 2.36. The molecule has 0 radical (unpaired) electrons. The molecule has 3 aromatic rings. The first-order valence-corrected chi connectivity index (χ1v) is 12.5. The summed E-state index contributed by atoms with van der Waals surface area (Å²) in [5.74, 6) is 7.85. The molecule has 2 aromatic heterocycles. The highest BCUT2D eigenvalue weighted by atomic mass is 32.1. The van der Waals surface area contributed by atoms with Gasteiger partial charge < -0.3 is 25.2 Å². The Morgan fingerprint density at radius 3 is 2.66 bits per heavy atom. The molecule has 0 bridgehead atoms. The van der Waals surface area contributed by atoms with Crippen molar-refractivity contribution in [3.63, 3.8) is 0 Å². The van der Waals surface area contributed by atoms with Crippen LogP contribution in [0.3, 0.4) is 0 Å². The zero-order valence-electron chi connectivity index (χ0n) is 20.7. The van der Waals surface area contributed by atoms with Gasteiger partial charge in [0.25, 0.3) is 0 Å². The van der Waals surface area contributed by atoms with E-state index in [-0.39, 0.29) is 6.61 Å². The Labute approximate surface area is 210 Å². The topological polar surface area (TPSA) is 93.7 Å². The predicted octanol–water partition coefficient (Wildman–Crippen LogP) is 4.31. The Hall–Kier alpha value is -3.12. The smallest absolute Gasteiger partial charge is 0.166 e. The maximum absolute atomic E-state index is 9.89. The van der Waals surface area contributed by atoms with Gasteiger partial charge in [-0.1, -0.05) is 11.8 Å². The number of ether oxygens (including phenoxy) is 2. The summed E-state index contributed by atoms with van der Waals surface area (Å²) in [5, 5.41) is 11.1. The molecule has 1 aromatic carbocycles. The fourth-order valence-corrected chi connectivity index (χ4v) is 4.99. The third-order valence-corrected chi connectivity index (χ3v) is 7.14. The van der Waals surface area contributed by atoms with Crippen LogP contribution in [0.1, 0.15) is 48.7 Å². The minimum absolute atomic E-state index is 0.236. The van der Waals surface area contributed by atoms with Crippen molar-refractivity contribution in [1.82, 2.24) is 14.9 Å². The second-order valence-electron chi connectivity index (χ2n) is 9.37. The first-order valence-electron chi connectivity index (χ1n) is 11.7. The third-order valence-electron chi connectivity index (χ3n) is 5.93. The summed E-state index contributed by atoms with van der Waals surface area (Å²) in [6.07, 6.45) is 5.96. The number of thiazole rings is 1. The average molecular weight is 493 g/mol. The fourth-order valence-electron chi connectivity index (χ4n) is 3.92. The first kappa shape index (κ1) is 25.0. The third kappa shape index (κ3) is 6.51. The fraction of sp³-hybridized carbons (Fsp3) is 0.407. The monoisotopic (exact) mass is 492 g/mol. The highest BCUT2D eigenvalue weighted by molar-refractivity contribution is 7.15. The summed E-state index contributed by atoms with van der Waals surface area (Å²) in [5.41, 5.74) is 7.58. The maximum Gasteiger partial charge on any atom is 0.166 e. The number of likely N-dealkylation sites (tertiary alicyclic amines) is 1. The predicted molar refractivity (Wildman–Crippen MR) is 140 cm³/mol. The Morgan fingerprint density at radius 2 is 1.94 bits per heavy atom. The zero-order chi connectivity index (χ0) is 25.0. The highest BCUT2D eigenvalue weighted by Gasteiger charge is 2.21. The van der Waals surface area contributed by atoms with Crippen molar-refractivity contribution in [2.45, 2.75) is 44.8 Å². The van der Waals surface area contributed by atoms with Gasteiger partial charge in [-0.3, -0.25) is 0 Å². The molecule has 0 aliphatic carbocycles. The zero-order valence-corrected chi connectivity index (χ0v) is 21.5. The molecule has 1 aliphatic heterocycles. The van der Waals surface area contributed by atoms with Crippen LogP contribution >= 0.6 is 11.3 Å². The van der Waals surface area contributed by atoms with E-state index in [0.29, 0.717) is 23.2 Å². The molecule has 0 atom stereocenters. The lowest BCUT2D eigenvalue weighted by atomic mass is 9.98. The minimum Gasteiger partial charge on any atom is -0.496 e. The van der Waals surface area contributed by atoms with Gasteiger partial charge in [0.1, 0.15) is 18.0 Å². The van der Waals surface area contributed by atoms with Gasteiger partial charge in [-0.25, -0.2) is 9.97 Å². The molecule has 0 amide bonds. The molecule has 3 N–H and O–H groups in total. The van der Waals surface area contributed by atoms with Crippen LogP contribution in [0.2, 0.25) is 0 Å². The van der Waals surface area contributed by atoms with E-state index in [1.165, 1.54) is 5.01 Å². The number of hydrogen-bond acceptors (Lipinski definition) is 8. The van der Waals surface area contributed by atoms with Crippen molar-refractivity contribution in [2.75, 3.05) is 33.0 Å². The van der Waals surface area contributed by atoms with E-state index >= 15 is 0 Å². The van der Waals surface area contributed by atoms with Crippen molar-refractivity contribution in [2.24, 2.45) is 0 Å². The van der Waals surface area contributed by atoms with Gasteiger partial charge in [-0.15, -0.1) is 11.3 Å². The second-order valence-corrected chi connectivity index (χ2v) is 10.4. The van der Waals surface area contributed by atoms with Crippen molar-refractivity contribution in [3.05, 3.63) is 52.8 Å². The number of anilines is 1. The molecule has 35 heavy (non-hydrogen) atoms. The van der Waals surface area contributed by atoms with E-state index in [1.807, 2.05) is 30.5 Å². The van der Waals surface area contributed by atoms with E-state index in [0.717, 1.165) is 47.5 Å². The molecule has 0 spiro atoms. The Kier molecular flexibility index (Phi) is 7.60. The molecular weight excluding hydrogens is 460 g/mol. The molecule has 0 unspecified atom stereocenters. The molecular formula is C27H32N4O3S. The van der Waals surface area contributed by atoms with Crippen LogP contribution in [0.15, 0.2) is 36.7 Å². The van der Waals surface area contributed by atoms with Gasteiger partial charge in [0.15, 0.2) is 11.6 Å². The lowest BCUT2D eigenvalue weighted by Crippen LogP contribution is -2.29. The summed E-state index contributed by atoms with van der Waals surface area (Å²) < 4.78 is 11.6. The number of nitrogens with zero attached hydrogens (tertiary/aromatic N) is 3. The van der Waals surface area contributed by atoms with E-state index in [4.69, 9.17) is 20.2 Å². The van der Waals surface area contributed by atoms with Crippen molar-refractivity contribution in [3.8, 4) is 33.8 Å². The van der Waals surface area contributed by atoms with Gasteiger partial charge in [0.05, 0.1) is 17.0 Å². The normalized spacial score (nSPS) is 14.9. The number of methoxy groups -OCH3 is 1.